The standard InChI is InChI=1S/C46H70ClN3O13/c1-13-32-24-50(42(54)59-32)43(55)61-37-28(7)39(62-41-36(52)33(48(11)15-3)22-26(5)58-41)45(9,57-12)23-25(4)35(51)27(6)38-46(10,34(14-2)60-40(53)29(37)8)63-44(56)49(38)21-20-30-16-18-31(47)19-17-30/h16-19,25-29,32-34,36-39,41,52H,13-15,20-24H2,1-12H3/t25-,26-,27-,28+,29-,32?,33+,34-,36-,37+,38-,39-,41+,45+,46-/m1/s1. The molecule has 0 aliphatic carbocycles. The van der Waals surface area contributed by atoms with Crippen LogP contribution in [0, 0.1) is 23.7 Å². The van der Waals surface area contributed by atoms with Gasteiger partial charge in [0.2, 0.25) is 0 Å². The molecule has 1 aromatic rings. The van der Waals surface area contributed by atoms with Gasteiger partial charge in [-0.1, -0.05) is 65.3 Å². The Hall–Kier alpha value is -3.54. The molecule has 5 rings (SSSR count). The summed E-state index contributed by atoms with van der Waals surface area (Å²) in [6, 6.07) is 6.07. The zero-order chi connectivity index (χ0) is 46.7. The summed E-state index contributed by atoms with van der Waals surface area (Å²) in [4.78, 5) is 75.0. The lowest BCUT2D eigenvalue weighted by Crippen LogP contribution is -2.61. The second-order valence-electron chi connectivity index (χ2n) is 18.5. The van der Waals surface area contributed by atoms with Crippen LogP contribution in [-0.4, -0.2) is 150 Å². The quantitative estimate of drug-likeness (QED) is 0.184. The Balaban J connectivity index is 1.62. The highest BCUT2D eigenvalue weighted by molar-refractivity contribution is 6.30. The average Bonchev–Trinajstić information content (AvgIpc) is 3.77. The maximum atomic E-state index is 14.9. The van der Waals surface area contributed by atoms with Crippen LogP contribution in [0.3, 0.4) is 0 Å². The molecule has 4 aliphatic rings. The fraction of sp³-hybridized carbons (Fsp3) is 0.761. The van der Waals surface area contributed by atoms with Gasteiger partial charge in [-0.05, 0) is 91.1 Å². The summed E-state index contributed by atoms with van der Waals surface area (Å²) in [5.41, 5.74) is -1.94. The van der Waals surface area contributed by atoms with Crippen LogP contribution < -0.4 is 0 Å². The number of carbonyl (C=O) groups excluding carboxylic acids is 5. The zero-order valence-electron chi connectivity index (χ0n) is 39.0. The summed E-state index contributed by atoms with van der Waals surface area (Å²) in [6.45, 7) is 18.6. The van der Waals surface area contributed by atoms with Crippen LogP contribution in [0.2, 0.25) is 5.02 Å². The lowest BCUT2D eigenvalue weighted by atomic mass is 9.73. The molecule has 1 N–H and O–H groups in total. The summed E-state index contributed by atoms with van der Waals surface area (Å²) in [5, 5.41) is 12.4. The van der Waals surface area contributed by atoms with Gasteiger partial charge in [0, 0.05) is 42.5 Å². The van der Waals surface area contributed by atoms with Gasteiger partial charge in [-0.25, -0.2) is 19.3 Å². The number of imide groups is 1. The molecule has 0 spiro atoms. The number of cyclic esters (lactones) is 2. The fourth-order valence-corrected chi connectivity index (χ4v) is 10.3. The highest BCUT2D eigenvalue weighted by Crippen LogP contribution is 2.44. The number of Topliss-reactive ketones (excluding diaryl/α,β-unsaturated/α-hetero) is 1. The number of carbonyl (C=O) groups is 5. The molecule has 1 unspecified atom stereocenters. The third-order valence-corrected chi connectivity index (χ3v) is 14.3. The number of halogens is 1. The van der Waals surface area contributed by atoms with Crippen molar-refractivity contribution in [1.82, 2.24) is 14.7 Å². The minimum atomic E-state index is -1.49. The number of amides is 3. The number of likely N-dealkylation sites (N-methyl/N-ethyl adjacent to an activating group) is 1. The lowest BCUT2D eigenvalue weighted by molar-refractivity contribution is -0.301. The number of aliphatic hydroxyl groups is 1. The number of benzene rings is 1. The molecular weight excluding hydrogens is 838 g/mol. The first-order valence-corrected chi connectivity index (χ1v) is 22.9. The molecule has 16 nitrogen and oxygen atoms in total. The molecule has 354 valence electrons. The monoisotopic (exact) mass is 907 g/mol. The lowest BCUT2D eigenvalue weighted by Gasteiger charge is -2.48. The molecule has 4 saturated heterocycles. The van der Waals surface area contributed by atoms with Gasteiger partial charge in [-0.15, -0.1) is 0 Å². The molecule has 0 bridgehead atoms. The number of ketones is 1. The van der Waals surface area contributed by atoms with Crippen molar-refractivity contribution >= 4 is 41.6 Å². The first-order valence-electron chi connectivity index (χ1n) is 22.6. The first-order chi connectivity index (χ1) is 29.6. The van der Waals surface area contributed by atoms with Gasteiger partial charge in [-0.2, -0.15) is 0 Å². The maximum Gasteiger partial charge on any atom is 0.419 e. The maximum absolute atomic E-state index is 14.9. The van der Waals surface area contributed by atoms with E-state index in [0.29, 0.717) is 30.8 Å². The molecule has 1 aromatic carbocycles. The van der Waals surface area contributed by atoms with Crippen molar-refractivity contribution in [3.8, 4) is 0 Å². The number of methoxy groups -OCH3 is 1. The Labute approximate surface area is 377 Å². The number of rotatable bonds is 11. The molecule has 4 fully saturated rings. The molecule has 0 radical (unpaired) electrons. The molecular formula is C46H70ClN3O13. The summed E-state index contributed by atoms with van der Waals surface area (Å²) in [5.74, 6) is -4.66. The van der Waals surface area contributed by atoms with Gasteiger partial charge in [0.05, 0.1) is 36.3 Å². The number of fused-ring (bicyclic) bond motifs is 1. The van der Waals surface area contributed by atoms with E-state index >= 15 is 0 Å². The molecule has 15 atom stereocenters. The van der Waals surface area contributed by atoms with E-state index in [2.05, 4.69) is 0 Å². The molecule has 4 heterocycles. The van der Waals surface area contributed by atoms with Gasteiger partial charge < -0.3 is 43.2 Å². The Bertz CT molecular complexity index is 1790. The van der Waals surface area contributed by atoms with Crippen molar-refractivity contribution in [3.05, 3.63) is 34.9 Å². The van der Waals surface area contributed by atoms with Crippen LogP contribution in [0.15, 0.2) is 24.3 Å². The van der Waals surface area contributed by atoms with Crippen LogP contribution in [-0.2, 0) is 49.2 Å². The Kier molecular flexibility index (Phi) is 16.6. The largest absolute Gasteiger partial charge is 0.458 e. The Morgan fingerprint density at radius 3 is 2.22 bits per heavy atom. The Morgan fingerprint density at radius 1 is 0.968 bits per heavy atom. The van der Waals surface area contributed by atoms with Gasteiger partial charge >= 0.3 is 24.2 Å². The minimum Gasteiger partial charge on any atom is -0.458 e. The van der Waals surface area contributed by atoms with E-state index < -0.39 is 102 Å². The average molecular weight is 909 g/mol. The highest BCUT2D eigenvalue weighted by Gasteiger charge is 2.60. The number of aliphatic hydroxyl groups excluding tert-OH is 1. The summed E-state index contributed by atoms with van der Waals surface area (Å²) < 4.78 is 43.6. The summed E-state index contributed by atoms with van der Waals surface area (Å²) >= 11 is 6.15. The third-order valence-electron chi connectivity index (χ3n) is 14.1. The molecule has 17 heteroatoms. The number of ether oxygens (including phenoxy) is 7. The minimum absolute atomic E-state index is 0.0501. The third kappa shape index (κ3) is 10.6. The topological polar surface area (TPSA) is 180 Å². The molecule has 63 heavy (non-hydrogen) atoms. The van der Waals surface area contributed by atoms with Crippen molar-refractivity contribution in [2.24, 2.45) is 23.7 Å². The smallest absolute Gasteiger partial charge is 0.419 e. The molecule has 4 aliphatic heterocycles. The van der Waals surface area contributed by atoms with Crippen LogP contribution in [0.5, 0.6) is 0 Å². The van der Waals surface area contributed by atoms with E-state index in [1.165, 1.54) is 7.11 Å². The Morgan fingerprint density at radius 2 is 1.63 bits per heavy atom. The van der Waals surface area contributed by atoms with Gasteiger partial charge in [0.1, 0.15) is 30.2 Å². The SMILES string of the molecule is CCC1CN(C(=O)O[C@H]2[C@H](C)[C@@H](O[C@@H]3O[C@H](C)C[C@H](N(C)CC)[C@H]3O)[C@@](C)(OC)C[C@@H](C)C(=O)[C@@H](C)[C@H]3N(CCc4ccc(Cl)cc4)C(=O)O[C@]3(C)[C@@H](CC)OC(=O)[C@@H]2C)C(=O)O1. The predicted octanol–water partition coefficient (Wildman–Crippen LogP) is 6.64. The highest BCUT2D eigenvalue weighted by atomic mass is 35.5. The van der Waals surface area contributed by atoms with Crippen LogP contribution >= 0.6 is 11.6 Å². The number of nitrogens with zero attached hydrogens (tertiary/aromatic N) is 3. The van der Waals surface area contributed by atoms with Crippen molar-refractivity contribution in [3.63, 3.8) is 0 Å². The van der Waals surface area contributed by atoms with E-state index in [4.69, 9.17) is 44.8 Å². The molecule has 3 amide bonds. The van der Waals surface area contributed by atoms with E-state index in [1.54, 1.807) is 65.5 Å². The van der Waals surface area contributed by atoms with Gasteiger partial charge in [0.15, 0.2) is 11.9 Å². The number of esters is 1. The normalized spacial score (nSPS) is 38.2. The summed E-state index contributed by atoms with van der Waals surface area (Å²) in [7, 11) is 3.39. The first kappa shape index (κ1) is 50.5. The second kappa shape index (κ2) is 20.7. The van der Waals surface area contributed by atoms with Crippen LogP contribution in [0.4, 0.5) is 14.4 Å². The zero-order valence-corrected chi connectivity index (χ0v) is 39.8. The van der Waals surface area contributed by atoms with Crippen LogP contribution in [0.25, 0.3) is 0 Å². The van der Waals surface area contributed by atoms with Gasteiger partial charge in [-0.3, -0.25) is 14.5 Å². The van der Waals surface area contributed by atoms with Crippen molar-refractivity contribution < 1.29 is 62.2 Å². The number of hydrogen-bond acceptors (Lipinski definition) is 14. The summed E-state index contributed by atoms with van der Waals surface area (Å²) in [6.07, 6.45) is -7.55. The van der Waals surface area contributed by atoms with Crippen LogP contribution in [0.1, 0.15) is 100 Å². The van der Waals surface area contributed by atoms with Crippen molar-refractivity contribution in [1.29, 1.82) is 0 Å². The van der Waals surface area contributed by atoms with E-state index in [9.17, 15) is 29.1 Å². The molecule has 0 saturated carbocycles. The van der Waals surface area contributed by atoms with Crippen molar-refractivity contribution in [2.45, 2.75) is 168 Å². The van der Waals surface area contributed by atoms with E-state index in [1.807, 2.05) is 44.9 Å². The van der Waals surface area contributed by atoms with E-state index in [-0.39, 0.29) is 43.9 Å². The fourth-order valence-electron chi connectivity index (χ4n) is 10.2. The van der Waals surface area contributed by atoms with Crippen molar-refractivity contribution in [2.75, 3.05) is 33.8 Å². The number of hydrogen-bond donors (Lipinski definition) is 1. The molecule has 0 aromatic heterocycles. The van der Waals surface area contributed by atoms with E-state index in [0.717, 1.165) is 10.5 Å². The second-order valence-corrected chi connectivity index (χ2v) is 18.9. The van der Waals surface area contributed by atoms with Gasteiger partial charge in [0.25, 0.3) is 0 Å². The predicted molar refractivity (Wildman–Crippen MR) is 232 cm³/mol.